The highest BCUT2D eigenvalue weighted by atomic mass is 31.1. The van der Waals surface area contributed by atoms with Crippen LogP contribution in [0.3, 0.4) is 0 Å². The summed E-state index contributed by atoms with van der Waals surface area (Å²) in [6.07, 6.45) is 0. The van der Waals surface area contributed by atoms with Crippen molar-refractivity contribution in [1.29, 1.82) is 0 Å². The van der Waals surface area contributed by atoms with Gasteiger partial charge in [-0.1, -0.05) is 30.3 Å². The van der Waals surface area contributed by atoms with Gasteiger partial charge in [0.2, 0.25) is 0 Å². The van der Waals surface area contributed by atoms with Crippen molar-refractivity contribution in [2.24, 2.45) is 0 Å². The second kappa shape index (κ2) is 6.51. The first-order valence-corrected chi connectivity index (χ1v) is 4.73. The maximum atomic E-state index is 8.74. The second-order valence-corrected chi connectivity index (χ2v) is 2.93. The Morgan fingerprint density at radius 3 is 1.73 bits per heavy atom. The quantitative estimate of drug-likeness (QED) is 0.590. The molecule has 0 amide bonds. The molecule has 0 aromatic heterocycles. The van der Waals surface area contributed by atoms with E-state index in [1.807, 2.05) is 30.3 Å². The van der Waals surface area contributed by atoms with Gasteiger partial charge in [-0.25, -0.2) is 0 Å². The third-order valence-corrected chi connectivity index (χ3v) is 1.18. The summed E-state index contributed by atoms with van der Waals surface area (Å²) in [6, 6.07) is 10.1. The molecular weight excluding hydrogens is 182 g/mol. The first-order chi connectivity index (χ1) is 5.13. The largest absolute Gasteiger partial charge is 0.326 e. The zero-order valence-electron chi connectivity index (χ0n) is 5.77. The van der Waals surface area contributed by atoms with E-state index in [4.69, 9.17) is 14.4 Å². The van der Waals surface area contributed by atoms with Crippen molar-refractivity contribution in [2.75, 3.05) is 0 Å². The molecule has 1 rings (SSSR count). The molecule has 0 aliphatic carbocycles. The smallest absolute Gasteiger partial charge is 0.314 e. The van der Waals surface area contributed by atoms with Crippen molar-refractivity contribution >= 4 is 22.8 Å². The van der Waals surface area contributed by atoms with Gasteiger partial charge in [0.15, 0.2) is 0 Å². The van der Waals surface area contributed by atoms with Gasteiger partial charge in [-0.2, -0.15) is 0 Å². The zero-order chi connectivity index (χ0) is 8.69. The Morgan fingerprint density at radius 1 is 1.18 bits per heavy atom. The SMILES string of the molecule is O=[PH](O)O.Pc1ccccc1. The topological polar surface area (TPSA) is 57.5 Å². The zero-order valence-corrected chi connectivity index (χ0v) is 7.92. The molecule has 0 saturated carbocycles. The average molecular weight is 192 g/mol. The van der Waals surface area contributed by atoms with Crippen LogP contribution in [0.1, 0.15) is 0 Å². The minimum absolute atomic E-state index is 1.24. The summed E-state index contributed by atoms with van der Waals surface area (Å²) in [7, 11) is -0.501. The molecule has 0 heterocycles. The molecule has 11 heavy (non-hydrogen) atoms. The predicted octanol–water partition coefficient (Wildman–Crippen LogP) is 0.548. The maximum absolute atomic E-state index is 8.74. The summed E-state index contributed by atoms with van der Waals surface area (Å²) in [6.45, 7) is 0. The minimum Gasteiger partial charge on any atom is -0.326 e. The molecule has 2 N–H and O–H groups in total. The lowest BCUT2D eigenvalue weighted by molar-refractivity contribution is 0.405. The number of hydrogen-bond acceptors (Lipinski definition) is 1. The Morgan fingerprint density at radius 2 is 1.55 bits per heavy atom. The van der Waals surface area contributed by atoms with Gasteiger partial charge in [-0.3, -0.25) is 4.57 Å². The van der Waals surface area contributed by atoms with Crippen molar-refractivity contribution < 1.29 is 14.4 Å². The van der Waals surface area contributed by atoms with Crippen LogP contribution in [0.4, 0.5) is 0 Å². The predicted molar refractivity (Wildman–Crippen MR) is 49.2 cm³/mol. The summed E-state index contributed by atoms with van der Waals surface area (Å²) in [5.74, 6) is 0. The number of rotatable bonds is 0. The van der Waals surface area contributed by atoms with E-state index in [9.17, 15) is 0 Å². The van der Waals surface area contributed by atoms with Gasteiger partial charge in [0.25, 0.3) is 0 Å². The van der Waals surface area contributed by atoms with E-state index in [2.05, 4.69) is 9.24 Å². The van der Waals surface area contributed by atoms with Crippen LogP contribution in [-0.2, 0) is 4.57 Å². The van der Waals surface area contributed by atoms with Crippen LogP contribution >= 0.6 is 17.5 Å². The van der Waals surface area contributed by atoms with E-state index in [0.29, 0.717) is 0 Å². The van der Waals surface area contributed by atoms with Crippen LogP contribution in [0, 0.1) is 0 Å². The maximum Gasteiger partial charge on any atom is 0.314 e. The molecular formula is C6H10O3P2. The Balaban J connectivity index is 0.000000218. The average Bonchev–Trinajstić information content (AvgIpc) is 1.87. The highest BCUT2D eigenvalue weighted by Crippen LogP contribution is 1.98. The van der Waals surface area contributed by atoms with E-state index in [1.165, 1.54) is 5.30 Å². The van der Waals surface area contributed by atoms with Gasteiger partial charge < -0.3 is 9.79 Å². The van der Waals surface area contributed by atoms with Gasteiger partial charge >= 0.3 is 8.25 Å². The molecule has 0 aliphatic heterocycles. The normalized spacial score (nSPS) is 8.73. The van der Waals surface area contributed by atoms with Crippen molar-refractivity contribution in [3.05, 3.63) is 30.3 Å². The summed E-state index contributed by atoms with van der Waals surface area (Å²) in [5, 5.41) is 1.24. The molecule has 62 valence electrons. The van der Waals surface area contributed by atoms with Crippen LogP contribution in [0.25, 0.3) is 0 Å². The lowest BCUT2D eigenvalue weighted by atomic mass is 10.4. The summed E-state index contributed by atoms with van der Waals surface area (Å²) in [5.41, 5.74) is 0. The fraction of sp³-hybridized carbons (Fsp3) is 0. The van der Waals surface area contributed by atoms with E-state index >= 15 is 0 Å². The summed E-state index contributed by atoms with van der Waals surface area (Å²) < 4.78 is 8.74. The van der Waals surface area contributed by atoms with Gasteiger partial charge in [0.05, 0.1) is 0 Å². The van der Waals surface area contributed by atoms with E-state index < -0.39 is 8.25 Å². The van der Waals surface area contributed by atoms with Crippen LogP contribution in [0.2, 0.25) is 0 Å². The van der Waals surface area contributed by atoms with E-state index in [1.54, 1.807) is 0 Å². The second-order valence-electron chi connectivity index (χ2n) is 1.69. The third kappa shape index (κ3) is 9.80. The van der Waals surface area contributed by atoms with Crippen LogP contribution in [-0.4, -0.2) is 9.79 Å². The molecule has 0 radical (unpaired) electrons. The number of benzene rings is 1. The Labute approximate surface area is 68.2 Å². The molecule has 1 aromatic carbocycles. The van der Waals surface area contributed by atoms with Crippen molar-refractivity contribution in [3.63, 3.8) is 0 Å². The van der Waals surface area contributed by atoms with Gasteiger partial charge in [-0.05, 0) is 5.30 Å². The number of hydrogen-bond donors (Lipinski definition) is 2. The summed E-state index contributed by atoms with van der Waals surface area (Å²) in [4.78, 5) is 14.3. The van der Waals surface area contributed by atoms with Crippen molar-refractivity contribution in [3.8, 4) is 0 Å². The highest BCUT2D eigenvalue weighted by Gasteiger charge is 1.72. The standard InChI is InChI=1S/C6H7P.H3O3P/c7-6-4-2-1-3-5-6;1-4(2)3/h1-5H,7H2;4H,(H2,1,2,3). The molecule has 0 saturated heterocycles. The molecule has 0 bridgehead atoms. The van der Waals surface area contributed by atoms with Gasteiger partial charge in [0, 0.05) is 0 Å². The van der Waals surface area contributed by atoms with Gasteiger partial charge in [0.1, 0.15) is 0 Å². The Bertz CT molecular complexity index is 208. The molecule has 0 aliphatic rings. The molecule has 0 spiro atoms. The molecule has 0 fully saturated rings. The fourth-order valence-corrected chi connectivity index (χ4v) is 0.675. The Kier molecular flexibility index (Phi) is 6.39. The summed E-state index contributed by atoms with van der Waals surface area (Å²) >= 11 is 0. The molecule has 1 atom stereocenters. The van der Waals surface area contributed by atoms with E-state index in [0.717, 1.165) is 0 Å². The van der Waals surface area contributed by atoms with E-state index in [-0.39, 0.29) is 0 Å². The van der Waals surface area contributed by atoms with Crippen LogP contribution < -0.4 is 5.30 Å². The van der Waals surface area contributed by atoms with Crippen molar-refractivity contribution in [1.82, 2.24) is 0 Å². The molecule has 3 nitrogen and oxygen atoms in total. The van der Waals surface area contributed by atoms with Crippen LogP contribution in [0.5, 0.6) is 0 Å². The van der Waals surface area contributed by atoms with Crippen molar-refractivity contribution in [2.45, 2.75) is 0 Å². The minimum atomic E-state index is -3.13. The van der Waals surface area contributed by atoms with Crippen LogP contribution in [0.15, 0.2) is 30.3 Å². The molecule has 1 aromatic rings. The molecule has 5 heteroatoms. The Hall–Kier alpha value is -0.200. The lowest BCUT2D eigenvalue weighted by Crippen LogP contribution is -1.82. The monoisotopic (exact) mass is 192 g/mol. The van der Waals surface area contributed by atoms with Gasteiger partial charge in [-0.15, -0.1) is 9.24 Å². The third-order valence-electron chi connectivity index (χ3n) is 0.800. The fourth-order valence-electron chi connectivity index (χ4n) is 0.453. The lowest BCUT2D eigenvalue weighted by Gasteiger charge is -1.82. The highest BCUT2D eigenvalue weighted by molar-refractivity contribution is 7.30. The molecule has 1 unspecified atom stereocenters. The first-order valence-electron chi connectivity index (χ1n) is 2.85. The first kappa shape index (κ1) is 10.8.